The van der Waals surface area contributed by atoms with E-state index in [1.807, 2.05) is 0 Å². The Morgan fingerprint density at radius 1 is 1.50 bits per heavy atom. The molecule has 1 heterocycles. The fourth-order valence-electron chi connectivity index (χ4n) is 1.38. The van der Waals surface area contributed by atoms with Crippen LogP contribution < -0.4 is 4.72 Å². The van der Waals surface area contributed by atoms with Crippen LogP contribution in [0.1, 0.15) is 23.5 Å². The van der Waals surface area contributed by atoms with E-state index in [2.05, 4.69) is 4.72 Å². The number of methoxy groups -OCH3 is 1. The SMILES string of the molecule is COCC(C)(C)NS(=O)(=O)c1ccc(C(=O)O)s1. The Labute approximate surface area is 110 Å². The molecule has 0 atom stereocenters. The lowest BCUT2D eigenvalue weighted by atomic mass is 10.1. The number of nitrogens with one attached hydrogen (secondary N) is 1. The van der Waals surface area contributed by atoms with Crippen molar-refractivity contribution in [2.45, 2.75) is 23.6 Å². The Morgan fingerprint density at radius 3 is 2.56 bits per heavy atom. The van der Waals surface area contributed by atoms with Gasteiger partial charge in [-0.25, -0.2) is 17.9 Å². The highest BCUT2D eigenvalue weighted by Gasteiger charge is 2.27. The zero-order chi connectivity index (χ0) is 14.0. The van der Waals surface area contributed by atoms with E-state index < -0.39 is 21.5 Å². The molecule has 0 aromatic carbocycles. The largest absolute Gasteiger partial charge is 0.477 e. The van der Waals surface area contributed by atoms with Crippen molar-refractivity contribution in [3.05, 3.63) is 17.0 Å². The second-order valence-electron chi connectivity index (χ2n) is 4.35. The normalized spacial score (nSPS) is 12.6. The summed E-state index contributed by atoms with van der Waals surface area (Å²) in [6.45, 7) is 3.57. The van der Waals surface area contributed by atoms with E-state index in [-0.39, 0.29) is 15.7 Å². The van der Waals surface area contributed by atoms with Gasteiger partial charge in [-0.3, -0.25) is 0 Å². The van der Waals surface area contributed by atoms with E-state index >= 15 is 0 Å². The number of rotatable bonds is 6. The maximum Gasteiger partial charge on any atom is 0.345 e. The molecule has 1 aromatic rings. The van der Waals surface area contributed by atoms with E-state index in [4.69, 9.17) is 9.84 Å². The van der Waals surface area contributed by atoms with Crippen molar-refractivity contribution < 1.29 is 23.1 Å². The predicted octanol–water partition coefficient (Wildman–Crippen LogP) is 1.15. The van der Waals surface area contributed by atoms with Gasteiger partial charge in [0, 0.05) is 7.11 Å². The molecular formula is C10H15NO5S2. The summed E-state index contributed by atoms with van der Waals surface area (Å²) in [5, 5.41) is 8.76. The highest BCUT2D eigenvalue weighted by Crippen LogP contribution is 2.22. The Morgan fingerprint density at radius 2 is 2.11 bits per heavy atom. The maximum atomic E-state index is 12.0. The van der Waals surface area contributed by atoms with Gasteiger partial charge in [-0.15, -0.1) is 11.3 Å². The van der Waals surface area contributed by atoms with Crippen LogP contribution in [-0.2, 0) is 14.8 Å². The molecule has 102 valence electrons. The van der Waals surface area contributed by atoms with Crippen LogP contribution >= 0.6 is 11.3 Å². The zero-order valence-corrected chi connectivity index (χ0v) is 11.9. The number of hydrogen-bond donors (Lipinski definition) is 2. The van der Waals surface area contributed by atoms with Crippen LogP contribution in [0.4, 0.5) is 0 Å². The van der Waals surface area contributed by atoms with Gasteiger partial charge >= 0.3 is 5.97 Å². The van der Waals surface area contributed by atoms with Crippen LogP contribution in [0.3, 0.4) is 0 Å². The van der Waals surface area contributed by atoms with Gasteiger partial charge in [-0.2, -0.15) is 0 Å². The van der Waals surface area contributed by atoms with Crippen LogP contribution in [0.15, 0.2) is 16.3 Å². The lowest BCUT2D eigenvalue weighted by molar-refractivity contribution is 0.0702. The molecule has 0 aliphatic carbocycles. The van der Waals surface area contributed by atoms with Crippen molar-refractivity contribution in [1.82, 2.24) is 4.72 Å². The van der Waals surface area contributed by atoms with E-state index in [1.165, 1.54) is 19.2 Å². The van der Waals surface area contributed by atoms with Crippen molar-refractivity contribution >= 4 is 27.3 Å². The standard InChI is InChI=1S/C10H15NO5S2/c1-10(2,6-16-3)11-18(14,15)8-5-4-7(17-8)9(12)13/h4-5,11H,6H2,1-3H3,(H,12,13). The van der Waals surface area contributed by atoms with Crippen LogP contribution in [0, 0.1) is 0 Å². The molecule has 6 nitrogen and oxygen atoms in total. The highest BCUT2D eigenvalue weighted by atomic mass is 32.2. The van der Waals surface area contributed by atoms with Crippen LogP contribution in [0.25, 0.3) is 0 Å². The van der Waals surface area contributed by atoms with Gasteiger partial charge in [0.1, 0.15) is 9.09 Å². The molecule has 0 saturated heterocycles. The average Bonchev–Trinajstić information content (AvgIpc) is 2.64. The second-order valence-corrected chi connectivity index (χ2v) is 7.34. The third kappa shape index (κ3) is 3.77. The van der Waals surface area contributed by atoms with Crippen molar-refractivity contribution in [1.29, 1.82) is 0 Å². The molecule has 1 aromatic heterocycles. The van der Waals surface area contributed by atoms with E-state index in [0.29, 0.717) is 11.3 Å². The highest BCUT2D eigenvalue weighted by molar-refractivity contribution is 7.91. The van der Waals surface area contributed by atoms with Crippen LogP contribution in [0.5, 0.6) is 0 Å². The molecule has 0 saturated carbocycles. The van der Waals surface area contributed by atoms with E-state index in [1.54, 1.807) is 13.8 Å². The molecule has 8 heteroatoms. The minimum atomic E-state index is -3.73. The summed E-state index contributed by atoms with van der Waals surface area (Å²) >= 11 is 0.716. The summed E-state index contributed by atoms with van der Waals surface area (Å²) in [4.78, 5) is 10.7. The van der Waals surface area contributed by atoms with Gasteiger partial charge in [0.25, 0.3) is 10.0 Å². The van der Waals surface area contributed by atoms with E-state index in [0.717, 1.165) is 0 Å². The van der Waals surface area contributed by atoms with Crippen LogP contribution in [-0.4, -0.2) is 38.7 Å². The summed E-state index contributed by atoms with van der Waals surface area (Å²) in [7, 11) is -2.25. The van der Waals surface area contributed by atoms with Crippen molar-refractivity contribution in [2.75, 3.05) is 13.7 Å². The molecule has 0 unspecified atom stereocenters. The summed E-state index contributed by atoms with van der Waals surface area (Å²) < 4.78 is 31.4. The Balaban J connectivity index is 2.96. The minimum Gasteiger partial charge on any atom is -0.477 e. The first kappa shape index (κ1) is 15.1. The van der Waals surface area contributed by atoms with Gasteiger partial charge in [-0.1, -0.05) is 0 Å². The van der Waals surface area contributed by atoms with Gasteiger partial charge in [0.15, 0.2) is 0 Å². The first-order valence-electron chi connectivity index (χ1n) is 5.04. The molecular weight excluding hydrogens is 278 g/mol. The minimum absolute atomic E-state index is 0.0140. The number of carboxylic acid groups (broad SMARTS) is 1. The fraction of sp³-hybridized carbons (Fsp3) is 0.500. The number of sulfonamides is 1. The maximum absolute atomic E-state index is 12.0. The quantitative estimate of drug-likeness (QED) is 0.820. The Hall–Kier alpha value is -0.960. The zero-order valence-electron chi connectivity index (χ0n) is 10.3. The lowest BCUT2D eigenvalue weighted by Gasteiger charge is -2.24. The third-order valence-corrected chi connectivity index (χ3v) is 5.24. The number of carboxylic acids is 1. The number of carbonyl (C=O) groups is 1. The molecule has 0 bridgehead atoms. The lowest BCUT2D eigenvalue weighted by Crippen LogP contribution is -2.46. The smallest absolute Gasteiger partial charge is 0.345 e. The monoisotopic (exact) mass is 293 g/mol. The predicted molar refractivity (Wildman–Crippen MR) is 67.6 cm³/mol. The first-order chi connectivity index (χ1) is 8.18. The summed E-state index contributed by atoms with van der Waals surface area (Å²) in [5.74, 6) is -1.14. The molecule has 1 rings (SSSR count). The second kappa shape index (κ2) is 5.35. The summed E-state index contributed by atoms with van der Waals surface area (Å²) in [5.41, 5.74) is -0.763. The number of hydrogen-bond acceptors (Lipinski definition) is 5. The fourth-order valence-corrected chi connectivity index (χ4v) is 3.93. The average molecular weight is 293 g/mol. The number of aromatic carboxylic acids is 1. The molecule has 0 aliphatic rings. The summed E-state index contributed by atoms with van der Waals surface area (Å²) in [6, 6.07) is 2.55. The molecule has 0 spiro atoms. The van der Waals surface area contributed by atoms with Gasteiger partial charge in [0.2, 0.25) is 0 Å². The molecule has 0 amide bonds. The molecule has 0 radical (unpaired) electrons. The molecule has 0 aliphatic heterocycles. The number of thiophene rings is 1. The Kier molecular flexibility index (Phi) is 4.49. The van der Waals surface area contributed by atoms with Crippen molar-refractivity contribution in [2.24, 2.45) is 0 Å². The third-order valence-electron chi connectivity index (χ3n) is 1.97. The topological polar surface area (TPSA) is 92.7 Å². The van der Waals surface area contributed by atoms with Crippen molar-refractivity contribution in [3.63, 3.8) is 0 Å². The molecule has 2 N–H and O–H groups in total. The molecule has 0 fully saturated rings. The first-order valence-corrected chi connectivity index (χ1v) is 7.34. The van der Waals surface area contributed by atoms with Gasteiger partial charge < -0.3 is 9.84 Å². The van der Waals surface area contributed by atoms with Gasteiger partial charge in [0.05, 0.1) is 12.1 Å². The van der Waals surface area contributed by atoms with Crippen molar-refractivity contribution in [3.8, 4) is 0 Å². The van der Waals surface area contributed by atoms with E-state index in [9.17, 15) is 13.2 Å². The Bertz CT molecular complexity index is 532. The summed E-state index contributed by atoms with van der Waals surface area (Å²) in [6.07, 6.45) is 0. The molecule has 18 heavy (non-hydrogen) atoms. The van der Waals surface area contributed by atoms with Gasteiger partial charge in [-0.05, 0) is 26.0 Å². The number of ether oxygens (including phenoxy) is 1. The van der Waals surface area contributed by atoms with Crippen LogP contribution in [0.2, 0.25) is 0 Å².